The molecule has 5 rings (SSSR count). The van der Waals surface area contributed by atoms with E-state index in [2.05, 4.69) is 55.7 Å². The van der Waals surface area contributed by atoms with Gasteiger partial charge in [0, 0.05) is 28.0 Å². The first-order valence-electron chi connectivity index (χ1n) is 11.2. The monoisotopic (exact) mass is 487 g/mol. The Bertz CT molecular complexity index is 1150. The summed E-state index contributed by atoms with van der Waals surface area (Å²) in [4.78, 5) is 15.5. The number of hydrogen-bond acceptors (Lipinski definition) is 3. The first-order chi connectivity index (χ1) is 15.7. The van der Waals surface area contributed by atoms with Crippen LogP contribution in [0.2, 0.25) is 0 Å². The van der Waals surface area contributed by atoms with E-state index < -0.39 is 0 Å². The van der Waals surface area contributed by atoms with Gasteiger partial charge in [0.05, 0.1) is 11.3 Å². The lowest BCUT2D eigenvalue weighted by Gasteiger charge is -2.26. The van der Waals surface area contributed by atoms with Crippen molar-refractivity contribution in [2.24, 2.45) is 0 Å². The molecule has 5 heteroatoms. The van der Waals surface area contributed by atoms with E-state index in [0.29, 0.717) is 5.57 Å². The van der Waals surface area contributed by atoms with Gasteiger partial charge in [0.1, 0.15) is 0 Å². The van der Waals surface area contributed by atoms with Crippen LogP contribution >= 0.6 is 15.9 Å². The number of piperidine rings is 1. The highest BCUT2D eigenvalue weighted by Crippen LogP contribution is 2.38. The third-order valence-corrected chi connectivity index (χ3v) is 6.61. The van der Waals surface area contributed by atoms with Crippen molar-refractivity contribution in [1.29, 1.82) is 0 Å². The Morgan fingerprint density at radius 2 is 1.69 bits per heavy atom. The van der Waals surface area contributed by atoms with E-state index in [1.54, 1.807) is 0 Å². The molecular formula is C27H26BrN3O. The van der Waals surface area contributed by atoms with Crippen LogP contribution in [0.3, 0.4) is 0 Å². The number of amides is 1. The standard InChI is InChI=1S/C27H26BrN3O/c28-21-11-14-24-23(17-21)25(27(32)30-24)26(20-7-3-1-4-8-20)29-22-12-9-19(10-13-22)18-31-15-5-2-6-16-31/h1,3-4,7-14,17,29H,2,5-6,15-16,18H2,(H,30,32). The summed E-state index contributed by atoms with van der Waals surface area (Å²) in [6.45, 7) is 3.37. The molecule has 0 radical (unpaired) electrons. The summed E-state index contributed by atoms with van der Waals surface area (Å²) in [7, 11) is 0. The van der Waals surface area contributed by atoms with Crippen LogP contribution in [0.1, 0.15) is 36.0 Å². The predicted octanol–water partition coefficient (Wildman–Crippen LogP) is 6.37. The molecular weight excluding hydrogens is 462 g/mol. The van der Waals surface area contributed by atoms with Gasteiger partial charge in [-0.05, 0) is 67.4 Å². The van der Waals surface area contributed by atoms with Gasteiger partial charge in [0.15, 0.2) is 0 Å². The molecule has 32 heavy (non-hydrogen) atoms. The Morgan fingerprint density at radius 3 is 2.44 bits per heavy atom. The van der Waals surface area contributed by atoms with Crippen molar-refractivity contribution >= 4 is 44.5 Å². The molecule has 0 atom stereocenters. The molecule has 4 nitrogen and oxygen atoms in total. The van der Waals surface area contributed by atoms with E-state index in [-0.39, 0.29) is 5.91 Å². The highest BCUT2D eigenvalue weighted by molar-refractivity contribution is 9.10. The molecule has 0 spiro atoms. The normalized spacial score (nSPS) is 17.6. The highest BCUT2D eigenvalue weighted by atomic mass is 79.9. The number of carbonyl (C=O) groups is 1. The largest absolute Gasteiger partial charge is 0.354 e. The number of nitrogens with one attached hydrogen (secondary N) is 2. The summed E-state index contributed by atoms with van der Waals surface area (Å²) in [5, 5.41) is 6.55. The van der Waals surface area contributed by atoms with E-state index in [0.717, 1.165) is 39.2 Å². The highest BCUT2D eigenvalue weighted by Gasteiger charge is 2.28. The van der Waals surface area contributed by atoms with Gasteiger partial charge >= 0.3 is 0 Å². The van der Waals surface area contributed by atoms with E-state index in [4.69, 9.17) is 0 Å². The molecule has 0 aromatic heterocycles. The van der Waals surface area contributed by atoms with Crippen LogP contribution in [0.25, 0.3) is 11.3 Å². The molecule has 1 amide bonds. The van der Waals surface area contributed by atoms with Crippen molar-refractivity contribution in [3.05, 3.63) is 94.0 Å². The Hall–Kier alpha value is -2.89. The van der Waals surface area contributed by atoms with Crippen LogP contribution < -0.4 is 10.6 Å². The Balaban J connectivity index is 1.48. The van der Waals surface area contributed by atoms with Crippen molar-refractivity contribution in [2.75, 3.05) is 23.7 Å². The quantitative estimate of drug-likeness (QED) is 0.411. The predicted molar refractivity (Wildman–Crippen MR) is 135 cm³/mol. The lowest BCUT2D eigenvalue weighted by atomic mass is 10.00. The number of carbonyl (C=O) groups excluding carboxylic acids is 1. The second-order valence-corrected chi connectivity index (χ2v) is 9.33. The van der Waals surface area contributed by atoms with Gasteiger partial charge < -0.3 is 10.6 Å². The summed E-state index contributed by atoms with van der Waals surface area (Å²) in [5.74, 6) is -0.0915. The van der Waals surface area contributed by atoms with E-state index in [1.165, 1.54) is 37.9 Å². The zero-order valence-corrected chi connectivity index (χ0v) is 19.5. The van der Waals surface area contributed by atoms with Crippen LogP contribution in [0.4, 0.5) is 11.4 Å². The Morgan fingerprint density at radius 1 is 0.938 bits per heavy atom. The molecule has 1 fully saturated rings. The smallest absolute Gasteiger partial charge is 0.258 e. The second-order valence-electron chi connectivity index (χ2n) is 8.42. The summed E-state index contributed by atoms with van der Waals surface area (Å²) >= 11 is 3.55. The van der Waals surface area contributed by atoms with Gasteiger partial charge in [0.2, 0.25) is 0 Å². The third-order valence-electron chi connectivity index (χ3n) is 6.12. The maximum atomic E-state index is 13.0. The van der Waals surface area contributed by atoms with Crippen molar-refractivity contribution in [2.45, 2.75) is 25.8 Å². The first-order valence-corrected chi connectivity index (χ1v) is 12.0. The molecule has 2 N–H and O–H groups in total. The Kier molecular flexibility index (Phi) is 6.10. The zero-order chi connectivity index (χ0) is 21.9. The molecule has 2 aliphatic rings. The summed E-state index contributed by atoms with van der Waals surface area (Å²) in [5.41, 5.74) is 6.46. The molecule has 2 heterocycles. The summed E-state index contributed by atoms with van der Waals surface area (Å²) < 4.78 is 0.944. The summed E-state index contributed by atoms with van der Waals surface area (Å²) in [6, 6.07) is 24.5. The maximum absolute atomic E-state index is 13.0. The minimum absolute atomic E-state index is 0.0915. The number of halogens is 1. The lowest BCUT2D eigenvalue weighted by molar-refractivity contribution is -0.110. The topological polar surface area (TPSA) is 44.4 Å². The molecule has 3 aromatic rings. The number of rotatable bonds is 5. The molecule has 0 saturated carbocycles. The second kappa shape index (κ2) is 9.31. The van der Waals surface area contributed by atoms with Crippen LogP contribution in [-0.2, 0) is 11.3 Å². The number of hydrogen-bond donors (Lipinski definition) is 2. The van der Waals surface area contributed by atoms with Gasteiger partial charge in [-0.1, -0.05) is 64.8 Å². The average molecular weight is 488 g/mol. The van der Waals surface area contributed by atoms with E-state index >= 15 is 0 Å². The fourth-order valence-corrected chi connectivity index (χ4v) is 4.85. The number of anilines is 2. The number of fused-ring (bicyclic) bond motifs is 1. The van der Waals surface area contributed by atoms with E-state index in [9.17, 15) is 4.79 Å². The molecule has 162 valence electrons. The van der Waals surface area contributed by atoms with Crippen LogP contribution in [0.5, 0.6) is 0 Å². The van der Waals surface area contributed by atoms with E-state index in [1.807, 2.05) is 48.5 Å². The third kappa shape index (κ3) is 4.50. The van der Waals surface area contributed by atoms with Crippen molar-refractivity contribution in [1.82, 2.24) is 4.90 Å². The van der Waals surface area contributed by atoms with Gasteiger partial charge in [-0.25, -0.2) is 0 Å². The fourth-order valence-electron chi connectivity index (χ4n) is 4.49. The molecule has 3 aromatic carbocycles. The van der Waals surface area contributed by atoms with Crippen LogP contribution in [0.15, 0.2) is 77.3 Å². The minimum atomic E-state index is -0.0915. The van der Waals surface area contributed by atoms with Crippen molar-refractivity contribution < 1.29 is 4.79 Å². The number of likely N-dealkylation sites (tertiary alicyclic amines) is 1. The molecule has 0 aliphatic carbocycles. The lowest BCUT2D eigenvalue weighted by Crippen LogP contribution is -2.29. The Labute approximate surface area is 197 Å². The van der Waals surface area contributed by atoms with Crippen LogP contribution in [0, 0.1) is 0 Å². The van der Waals surface area contributed by atoms with Gasteiger partial charge in [-0.3, -0.25) is 9.69 Å². The molecule has 2 aliphatic heterocycles. The first kappa shape index (κ1) is 21.0. The molecule has 0 unspecified atom stereocenters. The maximum Gasteiger partial charge on any atom is 0.258 e. The SMILES string of the molecule is O=C1Nc2ccc(Br)cc2C1=C(Nc1ccc(CN2CCCCC2)cc1)c1ccccc1. The van der Waals surface area contributed by atoms with Gasteiger partial charge in [-0.15, -0.1) is 0 Å². The van der Waals surface area contributed by atoms with Gasteiger partial charge in [-0.2, -0.15) is 0 Å². The number of nitrogens with zero attached hydrogens (tertiary/aromatic N) is 1. The molecule has 0 bridgehead atoms. The average Bonchev–Trinajstić information content (AvgIpc) is 3.14. The van der Waals surface area contributed by atoms with Crippen molar-refractivity contribution in [3.63, 3.8) is 0 Å². The minimum Gasteiger partial charge on any atom is -0.354 e. The van der Waals surface area contributed by atoms with Crippen molar-refractivity contribution in [3.8, 4) is 0 Å². The zero-order valence-electron chi connectivity index (χ0n) is 17.9. The van der Waals surface area contributed by atoms with Crippen LogP contribution in [-0.4, -0.2) is 23.9 Å². The fraction of sp³-hybridized carbons (Fsp3) is 0.222. The number of benzene rings is 3. The summed E-state index contributed by atoms with van der Waals surface area (Å²) in [6.07, 6.45) is 3.95. The van der Waals surface area contributed by atoms with Gasteiger partial charge in [0.25, 0.3) is 5.91 Å². The molecule has 1 saturated heterocycles.